The van der Waals surface area contributed by atoms with Gasteiger partial charge in [0.05, 0.1) is 0 Å². The van der Waals surface area contributed by atoms with Crippen molar-refractivity contribution in [2.75, 3.05) is 25.5 Å². The lowest BCUT2D eigenvalue weighted by Gasteiger charge is -2.24. The van der Waals surface area contributed by atoms with Gasteiger partial charge in [0.25, 0.3) is 5.91 Å². The normalized spacial score (nSPS) is 16.0. The second kappa shape index (κ2) is 6.70. The van der Waals surface area contributed by atoms with Gasteiger partial charge in [-0.25, -0.2) is 4.98 Å². The molecular weight excluding hydrogens is 252 g/mol. The van der Waals surface area contributed by atoms with Gasteiger partial charge in [0.15, 0.2) is 0 Å². The first-order valence-electron chi connectivity index (χ1n) is 7.32. The van der Waals surface area contributed by atoms with Crippen molar-refractivity contribution < 1.29 is 4.79 Å². The molecule has 0 bridgehead atoms. The van der Waals surface area contributed by atoms with E-state index in [9.17, 15) is 4.79 Å². The molecule has 0 aromatic carbocycles. The molecule has 0 saturated heterocycles. The van der Waals surface area contributed by atoms with Crippen molar-refractivity contribution in [2.24, 2.45) is 0 Å². The average Bonchev–Trinajstić information content (AvgIpc) is 3.29. The van der Waals surface area contributed by atoms with Gasteiger partial charge in [-0.15, -0.1) is 0 Å². The fourth-order valence-corrected chi connectivity index (χ4v) is 2.18. The molecule has 1 unspecified atom stereocenters. The summed E-state index contributed by atoms with van der Waals surface area (Å²) in [5.74, 6) is 0.700. The van der Waals surface area contributed by atoms with Crippen LogP contribution in [0, 0.1) is 0 Å². The highest BCUT2D eigenvalue weighted by atomic mass is 16.1. The van der Waals surface area contributed by atoms with Crippen molar-refractivity contribution in [3.8, 4) is 0 Å². The van der Waals surface area contributed by atoms with Gasteiger partial charge in [-0.3, -0.25) is 9.69 Å². The van der Waals surface area contributed by atoms with E-state index in [1.807, 2.05) is 6.92 Å². The van der Waals surface area contributed by atoms with Crippen molar-refractivity contribution in [1.82, 2.24) is 15.2 Å². The summed E-state index contributed by atoms with van der Waals surface area (Å²) in [6.45, 7) is 5.62. The smallest absolute Gasteiger partial charge is 0.251 e. The third kappa shape index (κ3) is 3.93. The van der Waals surface area contributed by atoms with Crippen molar-refractivity contribution in [1.29, 1.82) is 0 Å². The van der Waals surface area contributed by atoms with Crippen LogP contribution in [0.5, 0.6) is 0 Å². The number of nitrogens with zero attached hydrogens (tertiary/aromatic N) is 2. The summed E-state index contributed by atoms with van der Waals surface area (Å²) in [7, 11) is 2.13. The standard InChI is InChI=1S/C15H24N4O/c1-4-16-14-9-12(7-8-17-14)15(20)18-10-11(2)19(3)13-5-6-13/h7-9,11,13H,4-6,10H2,1-3H3,(H,16,17)(H,18,20). The SMILES string of the molecule is CCNc1cc(C(=O)NCC(C)N(C)C2CC2)ccn1. The molecular formula is C15H24N4O. The Morgan fingerprint density at radius 3 is 2.95 bits per heavy atom. The number of carbonyl (C=O) groups is 1. The molecule has 2 rings (SSSR count). The zero-order valence-electron chi connectivity index (χ0n) is 12.5. The van der Waals surface area contributed by atoms with Crippen LogP contribution in [0.1, 0.15) is 37.0 Å². The molecule has 5 nitrogen and oxygen atoms in total. The van der Waals surface area contributed by atoms with E-state index in [4.69, 9.17) is 0 Å². The predicted molar refractivity (Wildman–Crippen MR) is 81.0 cm³/mol. The molecule has 2 N–H and O–H groups in total. The number of rotatable bonds is 7. The van der Waals surface area contributed by atoms with E-state index in [0.717, 1.165) is 12.4 Å². The third-order valence-electron chi connectivity index (χ3n) is 3.76. The number of aromatic nitrogens is 1. The van der Waals surface area contributed by atoms with E-state index in [0.29, 0.717) is 24.2 Å². The lowest BCUT2D eigenvalue weighted by atomic mass is 10.2. The summed E-state index contributed by atoms with van der Waals surface area (Å²) in [5.41, 5.74) is 0.650. The number of hydrogen-bond acceptors (Lipinski definition) is 4. The van der Waals surface area contributed by atoms with Crippen LogP contribution in [0.3, 0.4) is 0 Å². The minimum Gasteiger partial charge on any atom is -0.370 e. The number of likely N-dealkylation sites (N-methyl/N-ethyl adjacent to an activating group) is 1. The number of nitrogens with one attached hydrogen (secondary N) is 2. The Morgan fingerprint density at radius 1 is 1.55 bits per heavy atom. The number of hydrogen-bond donors (Lipinski definition) is 2. The van der Waals surface area contributed by atoms with E-state index in [2.05, 4.69) is 34.5 Å². The number of anilines is 1. The molecule has 1 atom stereocenters. The van der Waals surface area contributed by atoms with E-state index in [1.54, 1.807) is 18.3 Å². The molecule has 1 amide bonds. The first-order chi connectivity index (χ1) is 9.61. The average molecular weight is 276 g/mol. The second-order valence-electron chi connectivity index (χ2n) is 5.42. The van der Waals surface area contributed by atoms with E-state index in [1.165, 1.54) is 12.8 Å². The summed E-state index contributed by atoms with van der Waals surface area (Å²) in [5, 5.41) is 6.11. The Labute approximate surface area is 120 Å². The van der Waals surface area contributed by atoms with Crippen LogP contribution < -0.4 is 10.6 Å². The molecule has 1 aliphatic rings. The molecule has 0 spiro atoms. The summed E-state index contributed by atoms with van der Waals surface area (Å²) < 4.78 is 0. The molecule has 5 heteroatoms. The van der Waals surface area contributed by atoms with Gasteiger partial charge in [-0.1, -0.05) is 0 Å². The van der Waals surface area contributed by atoms with Crippen LogP contribution in [-0.2, 0) is 0 Å². The highest BCUT2D eigenvalue weighted by Gasteiger charge is 2.29. The molecule has 1 aromatic heterocycles. The Bertz CT molecular complexity index is 459. The lowest BCUT2D eigenvalue weighted by molar-refractivity contribution is 0.0939. The van der Waals surface area contributed by atoms with Gasteiger partial charge in [-0.2, -0.15) is 0 Å². The lowest BCUT2D eigenvalue weighted by Crippen LogP contribution is -2.41. The maximum absolute atomic E-state index is 12.1. The van der Waals surface area contributed by atoms with Crippen LogP contribution in [-0.4, -0.2) is 48.0 Å². The Hall–Kier alpha value is -1.62. The van der Waals surface area contributed by atoms with E-state index < -0.39 is 0 Å². The molecule has 0 radical (unpaired) electrons. The van der Waals surface area contributed by atoms with Crippen molar-refractivity contribution in [2.45, 2.75) is 38.8 Å². The zero-order chi connectivity index (χ0) is 14.5. The fraction of sp³-hybridized carbons (Fsp3) is 0.600. The van der Waals surface area contributed by atoms with Gasteiger partial charge in [0.2, 0.25) is 0 Å². The van der Waals surface area contributed by atoms with Gasteiger partial charge in [0, 0.05) is 36.9 Å². The molecule has 1 aliphatic carbocycles. The highest BCUT2D eigenvalue weighted by molar-refractivity contribution is 5.94. The second-order valence-corrected chi connectivity index (χ2v) is 5.42. The quantitative estimate of drug-likeness (QED) is 0.796. The van der Waals surface area contributed by atoms with Gasteiger partial charge < -0.3 is 10.6 Å². The van der Waals surface area contributed by atoms with Gasteiger partial charge in [0.1, 0.15) is 5.82 Å². The first-order valence-corrected chi connectivity index (χ1v) is 7.32. The number of amides is 1. The van der Waals surface area contributed by atoms with E-state index in [-0.39, 0.29) is 5.91 Å². The summed E-state index contributed by atoms with van der Waals surface area (Å²) in [6, 6.07) is 4.60. The topological polar surface area (TPSA) is 57.3 Å². The molecule has 110 valence electrons. The monoisotopic (exact) mass is 276 g/mol. The fourth-order valence-electron chi connectivity index (χ4n) is 2.18. The Kier molecular flexibility index (Phi) is 4.95. The molecule has 20 heavy (non-hydrogen) atoms. The van der Waals surface area contributed by atoms with Gasteiger partial charge >= 0.3 is 0 Å². The van der Waals surface area contributed by atoms with Crippen molar-refractivity contribution >= 4 is 11.7 Å². The molecule has 1 fully saturated rings. The van der Waals surface area contributed by atoms with Crippen LogP contribution in [0.15, 0.2) is 18.3 Å². The molecule has 0 aliphatic heterocycles. The minimum atomic E-state index is -0.0393. The summed E-state index contributed by atoms with van der Waals surface area (Å²) in [4.78, 5) is 18.6. The molecule has 1 saturated carbocycles. The summed E-state index contributed by atoms with van der Waals surface area (Å²) in [6.07, 6.45) is 4.23. The zero-order valence-corrected chi connectivity index (χ0v) is 12.5. The number of carbonyl (C=O) groups excluding carboxylic acids is 1. The number of pyridine rings is 1. The molecule has 1 aromatic rings. The van der Waals surface area contributed by atoms with Crippen LogP contribution in [0.4, 0.5) is 5.82 Å². The minimum absolute atomic E-state index is 0.0393. The van der Waals surface area contributed by atoms with Crippen LogP contribution >= 0.6 is 0 Å². The molecule has 1 heterocycles. The maximum Gasteiger partial charge on any atom is 0.251 e. The van der Waals surface area contributed by atoms with Crippen molar-refractivity contribution in [3.05, 3.63) is 23.9 Å². The Balaban J connectivity index is 1.86. The predicted octanol–water partition coefficient (Wildman–Crippen LogP) is 1.73. The largest absolute Gasteiger partial charge is 0.370 e. The highest BCUT2D eigenvalue weighted by Crippen LogP contribution is 2.26. The third-order valence-corrected chi connectivity index (χ3v) is 3.76. The van der Waals surface area contributed by atoms with Crippen molar-refractivity contribution in [3.63, 3.8) is 0 Å². The van der Waals surface area contributed by atoms with Gasteiger partial charge in [-0.05, 0) is 45.9 Å². The summed E-state index contributed by atoms with van der Waals surface area (Å²) >= 11 is 0. The van der Waals surface area contributed by atoms with E-state index >= 15 is 0 Å². The van der Waals surface area contributed by atoms with Crippen LogP contribution in [0.2, 0.25) is 0 Å². The first kappa shape index (κ1) is 14.8. The maximum atomic E-state index is 12.1. The van der Waals surface area contributed by atoms with Crippen LogP contribution in [0.25, 0.3) is 0 Å². The Morgan fingerprint density at radius 2 is 2.30 bits per heavy atom.